The summed E-state index contributed by atoms with van der Waals surface area (Å²) in [5.74, 6) is 0.569. The van der Waals surface area contributed by atoms with Gasteiger partial charge in [0, 0.05) is 12.3 Å². The van der Waals surface area contributed by atoms with E-state index in [0.29, 0.717) is 12.2 Å². The highest BCUT2D eigenvalue weighted by Crippen LogP contribution is 2.36. The topological polar surface area (TPSA) is 17.1 Å². The second kappa shape index (κ2) is 4.46. The molecule has 3 rings (SSSR count). The van der Waals surface area contributed by atoms with Crippen molar-refractivity contribution in [1.82, 2.24) is 0 Å². The minimum Gasteiger partial charge on any atom is -0.299 e. The molecule has 1 aliphatic rings. The number of benzene rings is 1. The number of aryl methyl sites for hydroxylation is 1. The third kappa shape index (κ3) is 2.05. The van der Waals surface area contributed by atoms with E-state index >= 15 is 0 Å². The van der Waals surface area contributed by atoms with Gasteiger partial charge in [0.1, 0.15) is 5.78 Å². The molecular formula is C15H14OS. The van der Waals surface area contributed by atoms with Crippen LogP contribution in [0.2, 0.25) is 0 Å². The molecule has 0 radical (unpaired) electrons. The fourth-order valence-corrected chi connectivity index (χ4v) is 3.13. The van der Waals surface area contributed by atoms with E-state index < -0.39 is 0 Å². The zero-order valence-electron chi connectivity index (χ0n) is 9.56. The number of thiophene rings is 1. The van der Waals surface area contributed by atoms with E-state index in [2.05, 4.69) is 29.0 Å². The van der Waals surface area contributed by atoms with E-state index in [1.165, 1.54) is 16.7 Å². The molecule has 0 N–H and O–H groups in total. The monoisotopic (exact) mass is 242 g/mol. The van der Waals surface area contributed by atoms with Crippen LogP contribution in [0, 0.1) is 0 Å². The number of hydrogen-bond acceptors (Lipinski definition) is 2. The fraction of sp³-hybridized carbons (Fsp3) is 0.267. The van der Waals surface area contributed by atoms with Gasteiger partial charge in [-0.2, -0.15) is 11.3 Å². The van der Waals surface area contributed by atoms with Crippen molar-refractivity contribution in [3.63, 3.8) is 0 Å². The Morgan fingerprint density at radius 3 is 2.94 bits per heavy atom. The van der Waals surface area contributed by atoms with Gasteiger partial charge in [-0.1, -0.05) is 24.3 Å². The highest BCUT2D eigenvalue weighted by atomic mass is 32.1. The van der Waals surface area contributed by atoms with Crippen LogP contribution in [0.25, 0.3) is 0 Å². The summed E-state index contributed by atoms with van der Waals surface area (Å²) in [5, 5.41) is 4.19. The smallest absolute Gasteiger partial charge is 0.141 e. The molecule has 0 fully saturated rings. The summed E-state index contributed by atoms with van der Waals surface area (Å²) in [6, 6.07) is 10.4. The highest BCUT2D eigenvalue weighted by molar-refractivity contribution is 7.07. The van der Waals surface area contributed by atoms with Gasteiger partial charge in [-0.25, -0.2) is 0 Å². The Bertz CT molecular complexity index is 528. The molecule has 1 aliphatic carbocycles. The lowest BCUT2D eigenvalue weighted by Gasteiger charge is -2.28. The minimum atomic E-state index is 0.171. The first-order valence-corrected chi connectivity index (χ1v) is 6.90. The molecule has 2 heteroatoms. The van der Waals surface area contributed by atoms with E-state index in [4.69, 9.17) is 0 Å². The molecule has 1 unspecified atom stereocenters. The predicted molar refractivity (Wildman–Crippen MR) is 70.5 cm³/mol. The van der Waals surface area contributed by atoms with Crippen molar-refractivity contribution in [2.75, 3.05) is 0 Å². The second-order valence-corrected chi connectivity index (χ2v) is 5.33. The minimum absolute atomic E-state index is 0.171. The number of hydrogen-bond donors (Lipinski definition) is 0. The zero-order valence-corrected chi connectivity index (χ0v) is 10.4. The molecule has 86 valence electrons. The van der Waals surface area contributed by atoms with Crippen molar-refractivity contribution < 1.29 is 4.79 Å². The molecule has 0 spiro atoms. The van der Waals surface area contributed by atoms with Crippen molar-refractivity contribution in [3.8, 4) is 0 Å². The maximum atomic E-state index is 12.1. The van der Waals surface area contributed by atoms with Crippen LogP contribution >= 0.6 is 11.3 Å². The molecule has 0 amide bonds. The molecule has 1 heterocycles. The van der Waals surface area contributed by atoms with Gasteiger partial charge in [-0.15, -0.1) is 0 Å². The van der Waals surface area contributed by atoms with Crippen LogP contribution in [0.15, 0.2) is 41.1 Å². The third-order valence-corrected chi connectivity index (χ3v) is 4.22. The summed E-state index contributed by atoms with van der Waals surface area (Å²) in [6.07, 6.45) is 2.51. The van der Waals surface area contributed by atoms with Crippen LogP contribution in [0.4, 0.5) is 0 Å². The second-order valence-electron chi connectivity index (χ2n) is 4.55. The lowest BCUT2D eigenvalue weighted by atomic mass is 9.74. The summed E-state index contributed by atoms with van der Waals surface area (Å²) in [5.41, 5.74) is 3.89. The molecular weight excluding hydrogens is 228 g/mol. The lowest BCUT2D eigenvalue weighted by molar-refractivity contribution is -0.121. The molecule has 0 saturated heterocycles. The summed E-state index contributed by atoms with van der Waals surface area (Å²) < 4.78 is 0. The Morgan fingerprint density at radius 1 is 1.29 bits per heavy atom. The maximum absolute atomic E-state index is 12.1. The Morgan fingerprint density at radius 2 is 2.18 bits per heavy atom. The van der Waals surface area contributed by atoms with Crippen LogP contribution in [-0.4, -0.2) is 5.78 Å². The average Bonchev–Trinajstić information content (AvgIpc) is 2.81. The summed E-state index contributed by atoms with van der Waals surface area (Å²) in [6.45, 7) is 0. The van der Waals surface area contributed by atoms with E-state index in [1.54, 1.807) is 11.3 Å². The first-order chi connectivity index (χ1) is 8.34. The van der Waals surface area contributed by atoms with E-state index in [0.717, 1.165) is 12.8 Å². The number of carbonyl (C=O) groups excluding carboxylic acids is 1. The number of Topliss-reactive ketones (excluding diaryl/α,β-unsaturated/α-hetero) is 1. The van der Waals surface area contributed by atoms with Gasteiger partial charge in [0.15, 0.2) is 0 Å². The molecule has 0 saturated carbocycles. The third-order valence-electron chi connectivity index (χ3n) is 3.48. The summed E-state index contributed by atoms with van der Waals surface area (Å²) in [7, 11) is 0. The molecule has 0 bridgehead atoms. The van der Waals surface area contributed by atoms with Crippen LogP contribution in [0.5, 0.6) is 0 Å². The predicted octanol–water partition coefficient (Wildman–Crippen LogP) is 3.59. The first kappa shape index (κ1) is 10.7. The van der Waals surface area contributed by atoms with E-state index in [1.807, 2.05) is 12.1 Å². The first-order valence-electron chi connectivity index (χ1n) is 5.96. The molecule has 0 aliphatic heterocycles. The Kier molecular flexibility index (Phi) is 2.81. The number of fused-ring (bicyclic) bond motifs is 1. The largest absolute Gasteiger partial charge is 0.299 e. The standard InChI is InChI=1S/C15H14OS/c16-15(6-5-11-7-8-17-10-11)14-9-12-3-1-2-4-13(12)14/h1-4,7-8,10,14H,5-6,9H2. The normalized spacial score (nSPS) is 17.3. The van der Waals surface area contributed by atoms with E-state index in [-0.39, 0.29) is 5.92 Å². The lowest BCUT2D eigenvalue weighted by Crippen LogP contribution is -2.25. The quantitative estimate of drug-likeness (QED) is 0.800. The van der Waals surface area contributed by atoms with Gasteiger partial charge >= 0.3 is 0 Å². The van der Waals surface area contributed by atoms with Crippen LogP contribution in [0.1, 0.15) is 29.0 Å². The van der Waals surface area contributed by atoms with E-state index in [9.17, 15) is 4.79 Å². The van der Waals surface area contributed by atoms with Gasteiger partial charge in [0.05, 0.1) is 0 Å². The summed E-state index contributed by atoms with van der Waals surface area (Å²) in [4.78, 5) is 12.1. The highest BCUT2D eigenvalue weighted by Gasteiger charge is 2.30. The van der Waals surface area contributed by atoms with Gasteiger partial charge < -0.3 is 0 Å². The molecule has 1 aromatic carbocycles. The van der Waals surface area contributed by atoms with Crippen LogP contribution in [0.3, 0.4) is 0 Å². The number of rotatable bonds is 4. The molecule has 17 heavy (non-hydrogen) atoms. The number of ketones is 1. The Balaban J connectivity index is 1.62. The van der Waals surface area contributed by atoms with Gasteiger partial charge in [0.25, 0.3) is 0 Å². The Hall–Kier alpha value is -1.41. The van der Waals surface area contributed by atoms with Crippen molar-refractivity contribution in [1.29, 1.82) is 0 Å². The van der Waals surface area contributed by atoms with Crippen molar-refractivity contribution in [2.45, 2.75) is 25.2 Å². The molecule has 1 atom stereocenters. The van der Waals surface area contributed by atoms with Crippen LogP contribution in [-0.2, 0) is 17.6 Å². The summed E-state index contributed by atoms with van der Waals surface area (Å²) >= 11 is 1.70. The van der Waals surface area contributed by atoms with Crippen molar-refractivity contribution in [3.05, 3.63) is 57.8 Å². The maximum Gasteiger partial charge on any atom is 0.141 e. The van der Waals surface area contributed by atoms with Gasteiger partial charge in [-0.3, -0.25) is 4.79 Å². The SMILES string of the molecule is O=C(CCc1ccsc1)C1Cc2ccccc21. The van der Waals surface area contributed by atoms with Gasteiger partial charge in [0.2, 0.25) is 0 Å². The van der Waals surface area contributed by atoms with Crippen molar-refractivity contribution in [2.24, 2.45) is 0 Å². The Labute approximate surface area is 105 Å². The molecule has 1 nitrogen and oxygen atoms in total. The van der Waals surface area contributed by atoms with Gasteiger partial charge in [-0.05, 0) is 46.4 Å². The molecule has 1 aromatic heterocycles. The fourth-order valence-electron chi connectivity index (χ4n) is 2.42. The average molecular weight is 242 g/mol. The number of carbonyl (C=O) groups is 1. The van der Waals surface area contributed by atoms with Crippen molar-refractivity contribution >= 4 is 17.1 Å². The van der Waals surface area contributed by atoms with Crippen LogP contribution < -0.4 is 0 Å². The zero-order chi connectivity index (χ0) is 11.7. The molecule has 2 aromatic rings.